The van der Waals surface area contributed by atoms with Crippen LogP contribution in [-0.2, 0) is 23.9 Å². The monoisotopic (exact) mass is 602 g/mol. The summed E-state index contributed by atoms with van der Waals surface area (Å²) in [6.07, 6.45) is 1.57. The van der Waals surface area contributed by atoms with E-state index in [1.54, 1.807) is 10.4 Å². The molecule has 1 aromatic carbocycles. The summed E-state index contributed by atoms with van der Waals surface area (Å²) >= 11 is 0. The number of hydroxylamine groups is 1. The van der Waals surface area contributed by atoms with Crippen molar-refractivity contribution in [2.24, 2.45) is 17.8 Å². The van der Waals surface area contributed by atoms with E-state index in [0.29, 0.717) is 58.4 Å². The van der Waals surface area contributed by atoms with Crippen molar-refractivity contribution in [1.82, 2.24) is 26.3 Å². The number of rotatable bonds is 7. The zero-order valence-electron chi connectivity index (χ0n) is 25.2. The summed E-state index contributed by atoms with van der Waals surface area (Å²) in [5.41, 5.74) is 2.76. The average molecular weight is 603 g/mol. The number of hydrogen-bond donors (Lipinski definition) is 5. The van der Waals surface area contributed by atoms with Crippen molar-refractivity contribution in [3.05, 3.63) is 30.3 Å². The summed E-state index contributed by atoms with van der Waals surface area (Å²) < 4.78 is 5.17. The van der Waals surface area contributed by atoms with Crippen LogP contribution in [0.5, 0.6) is 0 Å². The number of para-hydroxylation sites is 1. The van der Waals surface area contributed by atoms with Gasteiger partial charge in [-0.15, -0.1) is 0 Å². The molecule has 3 atom stereocenters. The van der Waals surface area contributed by atoms with Gasteiger partial charge >= 0.3 is 6.09 Å². The first-order valence-corrected chi connectivity index (χ1v) is 15.2. The third-order valence-electron chi connectivity index (χ3n) is 7.88. The Morgan fingerprint density at radius 1 is 1.00 bits per heavy atom. The maximum absolute atomic E-state index is 13.6. The molecule has 0 aromatic heterocycles. The molecular weight excluding hydrogens is 556 g/mol. The molecular formula is C30H46N6O7. The number of cyclic esters (lactones) is 1. The van der Waals surface area contributed by atoms with E-state index in [4.69, 9.17) is 4.74 Å². The van der Waals surface area contributed by atoms with Gasteiger partial charge < -0.3 is 30.5 Å². The van der Waals surface area contributed by atoms with Crippen molar-refractivity contribution in [3.63, 3.8) is 0 Å². The first-order chi connectivity index (χ1) is 20.7. The zero-order chi connectivity index (χ0) is 31.2. The van der Waals surface area contributed by atoms with Crippen molar-refractivity contribution in [2.45, 2.75) is 58.4 Å². The average Bonchev–Trinajstić information content (AvgIpc) is 3.01. The van der Waals surface area contributed by atoms with Crippen molar-refractivity contribution in [2.75, 3.05) is 50.8 Å². The Hall–Kier alpha value is -3.87. The summed E-state index contributed by atoms with van der Waals surface area (Å²) in [7, 11) is 0. The number of anilines is 1. The number of nitrogens with zero attached hydrogens (tertiary/aromatic N) is 2. The molecule has 0 bridgehead atoms. The van der Waals surface area contributed by atoms with Crippen molar-refractivity contribution >= 4 is 35.4 Å². The minimum Gasteiger partial charge on any atom is -0.450 e. The number of ether oxygens (including phenoxy) is 1. The highest BCUT2D eigenvalue weighted by atomic mass is 16.5. The van der Waals surface area contributed by atoms with Crippen molar-refractivity contribution < 1.29 is 33.9 Å². The maximum Gasteiger partial charge on any atom is 0.407 e. The van der Waals surface area contributed by atoms with Crippen LogP contribution >= 0.6 is 0 Å². The molecule has 0 spiro atoms. The van der Waals surface area contributed by atoms with Crippen LogP contribution < -0.4 is 26.3 Å². The number of piperazine rings is 1. The van der Waals surface area contributed by atoms with Gasteiger partial charge in [-0.25, -0.2) is 10.3 Å². The lowest BCUT2D eigenvalue weighted by atomic mass is 9.81. The van der Waals surface area contributed by atoms with Crippen LogP contribution in [0.25, 0.3) is 0 Å². The predicted octanol–water partition coefficient (Wildman–Crippen LogP) is 1.41. The Bertz CT molecular complexity index is 1080. The molecule has 238 valence electrons. The second-order valence-electron chi connectivity index (χ2n) is 11.5. The van der Waals surface area contributed by atoms with E-state index < -0.39 is 41.7 Å². The van der Waals surface area contributed by atoms with E-state index >= 15 is 0 Å². The van der Waals surface area contributed by atoms with Gasteiger partial charge in [-0.1, -0.05) is 32.0 Å². The van der Waals surface area contributed by atoms with E-state index in [0.717, 1.165) is 5.69 Å². The van der Waals surface area contributed by atoms with E-state index in [1.165, 1.54) is 0 Å². The van der Waals surface area contributed by atoms with Crippen LogP contribution in [0.15, 0.2) is 30.3 Å². The maximum atomic E-state index is 13.6. The van der Waals surface area contributed by atoms with E-state index in [1.807, 2.05) is 44.2 Å². The smallest absolute Gasteiger partial charge is 0.407 e. The Labute approximate surface area is 253 Å². The highest BCUT2D eigenvalue weighted by molar-refractivity contribution is 5.93. The fraction of sp³-hybridized carbons (Fsp3) is 0.633. The molecule has 5 N–H and O–H groups in total. The molecule has 0 unspecified atom stereocenters. The minimum atomic E-state index is -0.945. The molecule has 0 aliphatic carbocycles. The molecule has 1 aromatic rings. The quantitative estimate of drug-likeness (QED) is 0.231. The van der Waals surface area contributed by atoms with Gasteiger partial charge in [-0.05, 0) is 56.6 Å². The first-order valence-electron chi connectivity index (χ1n) is 15.2. The Kier molecular flexibility index (Phi) is 13.5. The molecule has 3 rings (SSSR count). The molecule has 13 nitrogen and oxygen atoms in total. The highest BCUT2D eigenvalue weighted by Gasteiger charge is 2.36. The molecule has 2 saturated heterocycles. The molecule has 0 radical (unpaired) electrons. The van der Waals surface area contributed by atoms with Crippen LogP contribution in [0.4, 0.5) is 10.5 Å². The molecule has 2 aliphatic heterocycles. The number of carbonyl (C=O) groups excluding carboxylic acids is 5. The summed E-state index contributed by atoms with van der Waals surface area (Å²) in [6, 6.07) is 9.04. The molecule has 2 aliphatic rings. The topological polar surface area (TPSA) is 169 Å². The lowest BCUT2D eigenvalue weighted by molar-refractivity contribution is -0.142. The van der Waals surface area contributed by atoms with Gasteiger partial charge in [0.05, 0.1) is 19.1 Å². The molecule has 0 saturated carbocycles. The SMILES string of the molecule is CC(C)C[C@H]1C(=O)N[C@H](C(=O)NCC(=O)N2CCN(c3ccccc3)CC2)CCCCNC(=O)OCCC[C@@H]1C(=O)NO. The van der Waals surface area contributed by atoms with Crippen LogP contribution in [0.3, 0.4) is 0 Å². The van der Waals surface area contributed by atoms with Crippen molar-refractivity contribution in [1.29, 1.82) is 0 Å². The van der Waals surface area contributed by atoms with Crippen LogP contribution in [-0.4, -0.2) is 91.7 Å². The number of amides is 5. The van der Waals surface area contributed by atoms with E-state index in [9.17, 15) is 29.2 Å². The molecule has 5 amide bonds. The standard InChI is InChI=1S/C30H46N6O7/c1-21(2)19-24-23(28(39)34-42)11-8-18-43-30(41)31-13-7-6-12-25(33-27(24)38)29(40)32-20-26(37)36-16-14-35(15-17-36)22-9-4-3-5-10-22/h3-5,9-10,21,23-25,42H,6-8,11-20H2,1-2H3,(H,31,41)(H,32,40)(H,33,38)(H,34,39)/t23-,24+,25-/m0/s1. The lowest BCUT2D eigenvalue weighted by Gasteiger charge is -2.36. The predicted molar refractivity (Wildman–Crippen MR) is 159 cm³/mol. The normalized spacial score (nSPS) is 22.7. The van der Waals surface area contributed by atoms with Gasteiger partial charge in [0.1, 0.15) is 6.04 Å². The Balaban J connectivity index is 1.65. The largest absolute Gasteiger partial charge is 0.450 e. The molecule has 43 heavy (non-hydrogen) atoms. The fourth-order valence-electron chi connectivity index (χ4n) is 5.54. The zero-order valence-corrected chi connectivity index (χ0v) is 25.2. The first kappa shape index (κ1) is 33.6. The Morgan fingerprint density at radius 3 is 2.40 bits per heavy atom. The van der Waals surface area contributed by atoms with Gasteiger partial charge in [-0.3, -0.25) is 24.4 Å². The molecule has 13 heteroatoms. The summed E-state index contributed by atoms with van der Waals surface area (Å²) in [6.45, 7) is 6.45. The summed E-state index contributed by atoms with van der Waals surface area (Å²) in [5, 5.41) is 17.6. The van der Waals surface area contributed by atoms with Gasteiger partial charge in [0.25, 0.3) is 0 Å². The number of alkyl carbamates (subject to hydrolysis) is 1. The third-order valence-corrected chi connectivity index (χ3v) is 7.88. The number of benzene rings is 1. The fourth-order valence-corrected chi connectivity index (χ4v) is 5.54. The van der Waals surface area contributed by atoms with Gasteiger partial charge in [0.15, 0.2) is 0 Å². The van der Waals surface area contributed by atoms with E-state index in [2.05, 4.69) is 20.9 Å². The van der Waals surface area contributed by atoms with Gasteiger partial charge in [0, 0.05) is 44.3 Å². The molecule has 2 heterocycles. The summed E-state index contributed by atoms with van der Waals surface area (Å²) in [4.78, 5) is 68.4. The van der Waals surface area contributed by atoms with Crippen LogP contribution in [0.1, 0.15) is 52.4 Å². The van der Waals surface area contributed by atoms with E-state index in [-0.39, 0.29) is 37.8 Å². The molecule has 2 fully saturated rings. The number of nitrogens with one attached hydrogen (secondary N) is 4. The van der Waals surface area contributed by atoms with Crippen LogP contribution in [0, 0.1) is 17.8 Å². The lowest BCUT2D eigenvalue weighted by Crippen LogP contribution is -2.54. The van der Waals surface area contributed by atoms with Gasteiger partial charge in [0.2, 0.25) is 23.6 Å². The van der Waals surface area contributed by atoms with Crippen molar-refractivity contribution in [3.8, 4) is 0 Å². The third kappa shape index (κ3) is 10.7. The van der Waals surface area contributed by atoms with Crippen LogP contribution in [0.2, 0.25) is 0 Å². The summed E-state index contributed by atoms with van der Waals surface area (Å²) in [5.74, 6) is -3.57. The minimum absolute atomic E-state index is 0.0427. The highest BCUT2D eigenvalue weighted by Crippen LogP contribution is 2.26. The number of carbonyl (C=O) groups is 5. The second-order valence-corrected chi connectivity index (χ2v) is 11.5. The van der Waals surface area contributed by atoms with Gasteiger partial charge in [-0.2, -0.15) is 0 Å². The Morgan fingerprint density at radius 2 is 1.72 bits per heavy atom. The number of hydrogen-bond acceptors (Lipinski definition) is 8. The second kappa shape index (κ2) is 17.3.